The Hall–Kier alpha value is 0.150. The largest absolute Gasteiger partial charge is 0.326 e. The van der Waals surface area contributed by atoms with Crippen molar-refractivity contribution in [3.8, 4) is 0 Å². The van der Waals surface area contributed by atoms with Crippen molar-refractivity contribution < 1.29 is 8.42 Å². The quantitative estimate of drug-likeness (QED) is 0.819. The summed E-state index contributed by atoms with van der Waals surface area (Å²) in [7, 11) is -3.56. The second-order valence-electron chi connectivity index (χ2n) is 5.11. The molecule has 4 nitrogen and oxygen atoms in total. The van der Waals surface area contributed by atoms with Crippen LogP contribution in [0, 0.1) is 0 Å². The molecular weight excluding hydrogens is 399 g/mol. The Labute approximate surface area is 145 Å². The van der Waals surface area contributed by atoms with Crippen LogP contribution in [-0.4, -0.2) is 31.4 Å². The Morgan fingerprint density at radius 1 is 1.43 bits per heavy atom. The fourth-order valence-electron chi connectivity index (χ4n) is 2.57. The average molecular weight is 418 g/mol. The number of halogens is 3. The Morgan fingerprint density at radius 3 is 2.67 bits per heavy atom. The molecule has 0 spiro atoms. The molecule has 0 radical (unpaired) electrons. The molecule has 1 saturated heterocycles. The van der Waals surface area contributed by atoms with Gasteiger partial charge < -0.3 is 5.73 Å². The highest BCUT2D eigenvalue weighted by Gasteiger charge is 2.36. The molecule has 1 aromatic rings. The summed E-state index contributed by atoms with van der Waals surface area (Å²) in [6.45, 7) is 2.37. The lowest BCUT2D eigenvalue weighted by Gasteiger charge is -2.37. The molecule has 1 fully saturated rings. The van der Waals surface area contributed by atoms with Crippen molar-refractivity contribution in [2.24, 2.45) is 5.73 Å². The minimum atomic E-state index is -3.56. The third-order valence-electron chi connectivity index (χ3n) is 3.59. The minimum Gasteiger partial charge on any atom is -0.326 e. The highest BCUT2D eigenvalue weighted by molar-refractivity contribution is 9.10. The van der Waals surface area contributed by atoms with Crippen LogP contribution in [0.15, 0.2) is 27.6 Å². The molecule has 1 aliphatic heterocycles. The van der Waals surface area contributed by atoms with Gasteiger partial charge >= 0.3 is 0 Å². The SMILES string of the molecule is CC(N)C1CCCCN1S(=O)(=O)c1ccc(Cl)cc1Br.Cl. The van der Waals surface area contributed by atoms with Gasteiger partial charge in [-0.1, -0.05) is 18.0 Å². The first-order chi connectivity index (χ1) is 9.34. The molecule has 1 aliphatic rings. The van der Waals surface area contributed by atoms with Gasteiger partial charge in [0.15, 0.2) is 0 Å². The zero-order valence-electron chi connectivity index (χ0n) is 11.6. The molecule has 0 saturated carbocycles. The lowest BCUT2D eigenvalue weighted by atomic mass is 10.00. The molecule has 0 amide bonds. The smallest absolute Gasteiger partial charge is 0.244 e. The molecule has 2 atom stereocenters. The number of benzene rings is 1. The summed E-state index contributed by atoms with van der Waals surface area (Å²) in [5.74, 6) is 0. The van der Waals surface area contributed by atoms with E-state index in [1.54, 1.807) is 12.1 Å². The maximum atomic E-state index is 12.8. The summed E-state index contributed by atoms with van der Waals surface area (Å²) < 4.78 is 27.7. The van der Waals surface area contributed by atoms with E-state index in [1.165, 1.54) is 10.4 Å². The number of piperidine rings is 1. The van der Waals surface area contributed by atoms with Gasteiger partial charge in [-0.25, -0.2) is 8.42 Å². The van der Waals surface area contributed by atoms with Crippen molar-refractivity contribution in [2.75, 3.05) is 6.54 Å². The summed E-state index contributed by atoms with van der Waals surface area (Å²) in [4.78, 5) is 0.245. The molecule has 2 unspecified atom stereocenters. The standard InChI is InChI=1S/C13H18BrClN2O2S.ClH/c1-9(16)12-4-2-3-7-17(12)20(18,19)13-6-5-10(15)8-11(13)14;/h5-6,8-9,12H,2-4,7,16H2,1H3;1H. The van der Waals surface area contributed by atoms with Crippen molar-refractivity contribution in [3.63, 3.8) is 0 Å². The third-order valence-corrected chi connectivity index (χ3v) is 6.72. The lowest BCUT2D eigenvalue weighted by Crippen LogP contribution is -2.51. The summed E-state index contributed by atoms with van der Waals surface area (Å²) in [5.41, 5.74) is 5.96. The van der Waals surface area contributed by atoms with Crippen LogP contribution < -0.4 is 5.73 Å². The first-order valence-corrected chi connectivity index (χ1v) is 9.17. The van der Waals surface area contributed by atoms with E-state index in [1.807, 2.05) is 6.92 Å². The second kappa shape index (κ2) is 7.62. The molecule has 0 aromatic heterocycles. The van der Waals surface area contributed by atoms with Crippen molar-refractivity contribution in [1.29, 1.82) is 0 Å². The molecule has 21 heavy (non-hydrogen) atoms. The second-order valence-corrected chi connectivity index (χ2v) is 8.26. The van der Waals surface area contributed by atoms with E-state index in [2.05, 4.69) is 15.9 Å². The number of rotatable bonds is 3. The molecule has 0 aliphatic carbocycles. The van der Waals surface area contributed by atoms with Gasteiger partial charge in [-0.15, -0.1) is 12.4 Å². The van der Waals surface area contributed by atoms with Crippen LogP contribution in [0.25, 0.3) is 0 Å². The van der Waals surface area contributed by atoms with Crippen molar-refractivity contribution >= 4 is 50.0 Å². The molecule has 2 rings (SSSR count). The molecule has 8 heteroatoms. The number of sulfonamides is 1. The highest BCUT2D eigenvalue weighted by atomic mass is 79.9. The van der Waals surface area contributed by atoms with Gasteiger partial charge in [0.2, 0.25) is 10.0 Å². The van der Waals surface area contributed by atoms with Crippen molar-refractivity contribution in [2.45, 2.75) is 43.2 Å². The normalized spacial score (nSPS) is 21.6. The van der Waals surface area contributed by atoms with Gasteiger partial charge in [0, 0.05) is 28.1 Å². The summed E-state index contributed by atoms with van der Waals surface area (Å²) >= 11 is 9.16. The Bertz CT molecular complexity index is 596. The minimum absolute atomic E-state index is 0. The van der Waals surface area contributed by atoms with E-state index in [0.717, 1.165) is 19.3 Å². The fraction of sp³-hybridized carbons (Fsp3) is 0.538. The first-order valence-electron chi connectivity index (χ1n) is 6.56. The zero-order chi connectivity index (χ0) is 14.9. The van der Waals surface area contributed by atoms with E-state index in [0.29, 0.717) is 16.0 Å². The van der Waals surface area contributed by atoms with E-state index in [9.17, 15) is 8.42 Å². The van der Waals surface area contributed by atoms with E-state index in [-0.39, 0.29) is 29.4 Å². The van der Waals surface area contributed by atoms with Crippen molar-refractivity contribution in [3.05, 3.63) is 27.7 Å². The van der Waals surface area contributed by atoms with E-state index in [4.69, 9.17) is 17.3 Å². The third kappa shape index (κ3) is 4.12. The van der Waals surface area contributed by atoms with Crippen LogP contribution >= 0.6 is 39.9 Å². The molecular formula is C13H19BrCl2N2O2S. The maximum Gasteiger partial charge on any atom is 0.244 e. The predicted octanol–water partition coefficient (Wildman–Crippen LogP) is 3.41. The van der Waals surface area contributed by atoms with Gasteiger partial charge in [0.1, 0.15) is 0 Å². The highest BCUT2D eigenvalue weighted by Crippen LogP contribution is 2.32. The van der Waals surface area contributed by atoms with Crippen LogP contribution in [-0.2, 0) is 10.0 Å². The van der Waals surface area contributed by atoms with Gasteiger partial charge in [0.05, 0.1) is 4.90 Å². The summed E-state index contributed by atoms with van der Waals surface area (Å²) in [6.07, 6.45) is 2.69. The van der Waals surface area contributed by atoms with Crippen LogP contribution in [0.2, 0.25) is 5.02 Å². The number of nitrogens with zero attached hydrogens (tertiary/aromatic N) is 1. The first kappa shape index (κ1) is 19.2. The molecule has 0 bridgehead atoms. The van der Waals surface area contributed by atoms with Crippen LogP contribution in [0.3, 0.4) is 0 Å². The maximum absolute atomic E-state index is 12.8. The van der Waals surface area contributed by atoms with Crippen LogP contribution in [0.4, 0.5) is 0 Å². The Kier molecular flexibility index (Phi) is 6.96. The molecule has 1 heterocycles. The molecule has 1 aromatic carbocycles. The van der Waals surface area contributed by atoms with Crippen LogP contribution in [0.5, 0.6) is 0 Å². The van der Waals surface area contributed by atoms with Crippen LogP contribution in [0.1, 0.15) is 26.2 Å². The van der Waals surface area contributed by atoms with Gasteiger partial charge in [-0.05, 0) is 53.9 Å². The van der Waals surface area contributed by atoms with Crippen molar-refractivity contribution in [1.82, 2.24) is 4.31 Å². The molecule has 120 valence electrons. The average Bonchev–Trinajstić information content (AvgIpc) is 2.38. The lowest BCUT2D eigenvalue weighted by molar-refractivity contribution is 0.227. The number of hydrogen-bond donors (Lipinski definition) is 1. The Morgan fingerprint density at radius 2 is 2.10 bits per heavy atom. The Balaban J connectivity index is 0.00000220. The van der Waals surface area contributed by atoms with Gasteiger partial charge in [-0.3, -0.25) is 0 Å². The zero-order valence-corrected chi connectivity index (χ0v) is 15.6. The summed E-state index contributed by atoms with van der Waals surface area (Å²) in [6, 6.07) is 4.39. The summed E-state index contributed by atoms with van der Waals surface area (Å²) in [5, 5.41) is 0.498. The molecule has 2 N–H and O–H groups in total. The van der Waals surface area contributed by atoms with E-state index < -0.39 is 10.0 Å². The van der Waals surface area contributed by atoms with Gasteiger partial charge in [0.25, 0.3) is 0 Å². The predicted molar refractivity (Wildman–Crippen MR) is 91.6 cm³/mol. The van der Waals surface area contributed by atoms with E-state index >= 15 is 0 Å². The topological polar surface area (TPSA) is 63.4 Å². The van der Waals surface area contributed by atoms with Gasteiger partial charge in [-0.2, -0.15) is 4.31 Å². The monoisotopic (exact) mass is 416 g/mol. The fourth-order valence-corrected chi connectivity index (χ4v) is 5.68. The number of hydrogen-bond acceptors (Lipinski definition) is 3. The number of nitrogens with two attached hydrogens (primary N) is 1.